The molecule has 0 bridgehead atoms. The van der Waals surface area contributed by atoms with Crippen LogP contribution in [-0.2, 0) is 0 Å². The molecule has 1 aromatic heterocycles. The minimum Gasteiger partial charge on any atom is -0.344 e. The minimum atomic E-state index is -0.229. The van der Waals surface area contributed by atoms with Gasteiger partial charge in [-0.2, -0.15) is 0 Å². The Bertz CT molecular complexity index is 687. The molecule has 1 heterocycles. The van der Waals surface area contributed by atoms with Crippen LogP contribution >= 0.6 is 0 Å². The van der Waals surface area contributed by atoms with Crippen molar-refractivity contribution in [2.75, 3.05) is 0 Å². The van der Waals surface area contributed by atoms with Crippen LogP contribution in [-0.4, -0.2) is 9.97 Å². The largest absolute Gasteiger partial charge is 0.344 e. The van der Waals surface area contributed by atoms with Crippen molar-refractivity contribution in [3.05, 3.63) is 77.7 Å². The second-order valence-electron chi connectivity index (χ2n) is 4.85. The summed E-state index contributed by atoms with van der Waals surface area (Å²) in [6, 6.07) is 19.9. The normalized spacial score (nSPS) is 12.3. The van der Waals surface area contributed by atoms with Gasteiger partial charge in [-0.1, -0.05) is 60.7 Å². The van der Waals surface area contributed by atoms with Crippen molar-refractivity contribution >= 4 is 0 Å². The van der Waals surface area contributed by atoms with Crippen molar-refractivity contribution in [1.29, 1.82) is 0 Å². The molecule has 0 aliphatic heterocycles. The minimum absolute atomic E-state index is 0.229. The van der Waals surface area contributed by atoms with E-state index < -0.39 is 0 Å². The maximum Gasteiger partial charge on any atom is 0.128 e. The molecule has 0 aliphatic carbocycles. The van der Waals surface area contributed by atoms with Gasteiger partial charge in [0.05, 0.1) is 11.7 Å². The fourth-order valence-corrected chi connectivity index (χ4v) is 2.33. The van der Waals surface area contributed by atoms with Crippen molar-refractivity contribution in [3.63, 3.8) is 0 Å². The molecule has 20 heavy (non-hydrogen) atoms. The molecule has 3 N–H and O–H groups in total. The smallest absolute Gasteiger partial charge is 0.128 e. The first-order valence-electron chi connectivity index (χ1n) is 6.68. The van der Waals surface area contributed by atoms with E-state index in [-0.39, 0.29) is 6.04 Å². The van der Waals surface area contributed by atoms with Crippen LogP contribution in [0, 0.1) is 6.92 Å². The Hall–Kier alpha value is -2.39. The van der Waals surface area contributed by atoms with Gasteiger partial charge in [-0.3, -0.25) is 0 Å². The zero-order valence-corrected chi connectivity index (χ0v) is 11.4. The maximum absolute atomic E-state index is 6.28. The molecular formula is C17H17N3. The number of hydrogen-bond donors (Lipinski definition) is 2. The molecule has 3 aromatic rings. The molecule has 100 valence electrons. The monoisotopic (exact) mass is 263 g/mol. The van der Waals surface area contributed by atoms with Crippen molar-refractivity contribution in [2.24, 2.45) is 5.73 Å². The zero-order valence-electron chi connectivity index (χ0n) is 11.4. The summed E-state index contributed by atoms with van der Waals surface area (Å²) in [4.78, 5) is 7.98. The van der Waals surface area contributed by atoms with Gasteiger partial charge in [0.25, 0.3) is 0 Å². The Kier molecular flexibility index (Phi) is 3.35. The third-order valence-corrected chi connectivity index (χ3v) is 3.40. The Balaban J connectivity index is 1.97. The molecular weight excluding hydrogens is 246 g/mol. The molecule has 2 aromatic carbocycles. The van der Waals surface area contributed by atoms with E-state index in [1.807, 2.05) is 55.5 Å². The van der Waals surface area contributed by atoms with Crippen LogP contribution in [0.3, 0.4) is 0 Å². The Labute approximate surface area is 118 Å². The number of aromatic nitrogens is 2. The van der Waals surface area contributed by atoms with Gasteiger partial charge >= 0.3 is 0 Å². The van der Waals surface area contributed by atoms with Crippen molar-refractivity contribution in [1.82, 2.24) is 9.97 Å². The van der Waals surface area contributed by atoms with E-state index in [4.69, 9.17) is 5.73 Å². The number of nitrogens with one attached hydrogen (secondary N) is 1. The van der Waals surface area contributed by atoms with E-state index in [1.165, 1.54) is 0 Å². The Morgan fingerprint density at radius 3 is 2.20 bits per heavy atom. The van der Waals surface area contributed by atoms with Crippen molar-refractivity contribution in [2.45, 2.75) is 13.0 Å². The molecule has 0 spiro atoms. The molecule has 0 saturated heterocycles. The van der Waals surface area contributed by atoms with Gasteiger partial charge in [0.2, 0.25) is 0 Å². The highest BCUT2D eigenvalue weighted by Gasteiger charge is 2.15. The van der Waals surface area contributed by atoms with Crippen LogP contribution in [0.25, 0.3) is 11.3 Å². The number of nitrogens with two attached hydrogens (primary N) is 1. The summed E-state index contributed by atoms with van der Waals surface area (Å²) in [7, 11) is 0. The van der Waals surface area contributed by atoms with E-state index in [9.17, 15) is 0 Å². The van der Waals surface area contributed by atoms with Crippen molar-refractivity contribution in [3.8, 4) is 11.3 Å². The van der Waals surface area contributed by atoms with E-state index in [2.05, 4.69) is 22.1 Å². The van der Waals surface area contributed by atoms with Crippen LogP contribution in [0.2, 0.25) is 0 Å². The van der Waals surface area contributed by atoms with Gasteiger partial charge in [0.15, 0.2) is 0 Å². The first-order valence-corrected chi connectivity index (χ1v) is 6.68. The average molecular weight is 263 g/mol. The van der Waals surface area contributed by atoms with Crippen molar-refractivity contribution < 1.29 is 0 Å². The summed E-state index contributed by atoms with van der Waals surface area (Å²) in [5.74, 6) is 0.799. The summed E-state index contributed by atoms with van der Waals surface area (Å²) in [6.07, 6.45) is 0. The van der Waals surface area contributed by atoms with Gasteiger partial charge in [-0.05, 0) is 12.5 Å². The van der Waals surface area contributed by atoms with Gasteiger partial charge < -0.3 is 10.7 Å². The van der Waals surface area contributed by atoms with Gasteiger partial charge in [-0.15, -0.1) is 0 Å². The zero-order chi connectivity index (χ0) is 13.9. The van der Waals surface area contributed by atoms with E-state index in [0.717, 1.165) is 28.3 Å². The fourth-order valence-electron chi connectivity index (χ4n) is 2.33. The van der Waals surface area contributed by atoms with E-state index in [0.29, 0.717) is 0 Å². The highest BCUT2D eigenvalue weighted by atomic mass is 15.0. The lowest BCUT2D eigenvalue weighted by atomic mass is 10.1. The topological polar surface area (TPSA) is 54.7 Å². The number of imidazole rings is 1. The highest BCUT2D eigenvalue weighted by Crippen LogP contribution is 2.24. The van der Waals surface area contributed by atoms with Crippen LogP contribution in [0.5, 0.6) is 0 Å². The lowest BCUT2D eigenvalue weighted by Gasteiger charge is -2.08. The molecule has 3 rings (SSSR count). The summed E-state index contributed by atoms with van der Waals surface area (Å²) >= 11 is 0. The van der Waals surface area contributed by atoms with Crippen LogP contribution < -0.4 is 5.73 Å². The van der Waals surface area contributed by atoms with Gasteiger partial charge in [0.1, 0.15) is 5.82 Å². The Morgan fingerprint density at radius 1 is 0.950 bits per heavy atom. The molecule has 0 amide bonds. The highest BCUT2D eigenvalue weighted by molar-refractivity contribution is 5.61. The third kappa shape index (κ3) is 2.36. The number of aromatic amines is 1. The average Bonchev–Trinajstić information content (AvgIpc) is 2.90. The van der Waals surface area contributed by atoms with Crippen LogP contribution in [0.15, 0.2) is 60.7 Å². The molecule has 0 fully saturated rings. The van der Waals surface area contributed by atoms with Gasteiger partial charge in [0, 0.05) is 11.3 Å². The van der Waals surface area contributed by atoms with E-state index >= 15 is 0 Å². The molecule has 1 atom stereocenters. The lowest BCUT2D eigenvalue weighted by Crippen LogP contribution is -2.13. The van der Waals surface area contributed by atoms with E-state index in [1.54, 1.807) is 0 Å². The lowest BCUT2D eigenvalue weighted by molar-refractivity contribution is 0.799. The molecule has 0 aliphatic rings. The molecule has 0 unspecified atom stereocenters. The predicted octanol–water partition coefficient (Wildman–Crippen LogP) is 3.43. The predicted molar refractivity (Wildman–Crippen MR) is 81.2 cm³/mol. The number of aryl methyl sites for hydroxylation is 1. The third-order valence-electron chi connectivity index (χ3n) is 3.40. The van der Waals surface area contributed by atoms with Gasteiger partial charge in [-0.25, -0.2) is 4.98 Å². The Morgan fingerprint density at radius 2 is 1.55 bits per heavy atom. The molecule has 3 nitrogen and oxygen atoms in total. The molecule has 0 saturated carbocycles. The number of H-pyrrole nitrogens is 1. The molecule has 3 heteroatoms. The summed E-state index contributed by atoms with van der Waals surface area (Å²) in [5.41, 5.74) is 10.4. The second kappa shape index (κ2) is 5.31. The SMILES string of the molecule is Cc1[nH]c([C@@H](N)c2ccccc2)nc1-c1ccccc1. The van der Waals surface area contributed by atoms with Crippen LogP contribution in [0.4, 0.5) is 0 Å². The number of benzene rings is 2. The second-order valence-corrected chi connectivity index (χ2v) is 4.85. The summed E-state index contributed by atoms with van der Waals surface area (Å²) in [5, 5.41) is 0. The summed E-state index contributed by atoms with van der Waals surface area (Å²) in [6.45, 7) is 2.02. The standard InChI is InChI=1S/C17H17N3/c1-12-16(14-10-6-3-7-11-14)20-17(19-12)15(18)13-8-4-2-5-9-13/h2-11,15H,18H2,1H3,(H,19,20)/t15-/m0/s1. The number of rotatable bonds is 3. The maximum atomic E-state index is 6.28. The quantitative estimate of drug-likeness (QED) is 0.760. The fraction of sp³-hybridized carbons (Fsp3) is 0.118. The molecule has 0 radical (unpaired) electrons. The first-order chi connectivity index (χ1) is 9.75. The van der Waals surface area contributed by atoms with Crippen LogP contribution in [0.1, 0.15) is 23.1 Å². The number of hydrogen-bond acceptors (Lipinski definition) is 2. The first kappa shape index (κ1) is 12.6. The number of nitrogens with zero attached hydrogens (tertiary/aromatic N) is 1. The summed E-state index contributed by atoms with van der Waals surface area (Å²) < 4.78 is 0.